The average molecular weight is 671 g/mol. The van der Waals surface area contributed by atoms with Crippen molar-refractivity contribution in [3.05, 3.63) is 18.2 Å². The van der Waals surface area contributed by atoms with Gasteiger partial charge in [-0.3, -0.25) is 24.0 Å². The molecule has 264 valence electrons. The zero-order chi connectivity index (χ0) is 35.1. The molecule has 1 fully saturated rings. The number of carbonyl (C=O) groups is 5. The Balaban J connectivity index is 2.07. The standard InChI is InChI=1S/C28H46N8O11/c1-15(2)7-18(34-28(46)21-5-4-6-36(21)16(3)39)26(44)33-19(8-17-9-29-13-30-17)27(45)35-20(11-37)25(43)31-14-47-32-10-22(40)24(42)23(41)12-38/h9-10,13,15,18-24,37-38,40-42H,4-8,11-12,14H2,1-3H3,(H,29,30)(H,31,43)(H,33,44)(H,34,46)(H,35,45). The number of H-pyrrole nitrogens is 1. The summed E-state index contributed by atoms with van der Waals surface area (Å²) in [5.74, 6) is -3.17. The fourth-order valence-corrected chi connectivity index (χ4v) is 4.74. The fraction of sp³-hybridized carbons (Fsp3) is 0.679. The molecule has 1 aliphatic heterocycles. The summed E-state index contributed by atoms with van der Waals surface area (Å²) in [6, 6.07) is -4.53. The third-order valence-electron chi connectivity index (χ3n) is 7.26. The first kappa shape index (κ1) is 39.0. The molecule has 0 aliphatic carbocycles. The second-order valence-electron chi connectivity index (χ2n) is 11.4. The molecule has 1 aliphatic rings. The highest BCUT2D eigenvalue weighted by atomic mass is 16.6. The summed E-state index contributed by atoms with van der Waals surface area (Å²) in [6.07, 6.45) is -0.293. The van der Waals surface area contributed by atoms with Crippen LogP contribution in [0.15, 0.2) is 17.7 Å². The lowest BCUT2D eigenvalue weighted by molar-refractivity contribution is -0.138. The van der Waals surface area contributed by atoms with Crippen molar-refractivity contribution >= 4 is 35.8 Å². The maximum atomic E-state index is 13.5. The monoisotopic (exact) mass is 670 g/mol. The number of carbonyl (C=O) groups excluding carboxylic acids is 5. The number of aliphatic hydroxyl groups excluding tert-OH is 5. The second-order valence-corrected chi connectivity index (χ2v) is 11.4. The quantitative estimate of drug-likeness (QED) is 0.0289. The average Bonchev–Trinajstić information content (AvgIpc) is 3.74. The van der Waals surface area contributed by atoms with Crippen molar-refractivity contribution in [1.82, 2.24) is 36.1 Å². The van der Waals surface area contributed by atoms with Crippen molar-refractivity contribution in [3.8, 4) is 0 Å². The van der Waals surface area contributed by atoms with Crippen LogP contribution in [0.1, 0.15) is 45.7 Å². The summed E-state index contributed by atoms with van der Waals surface area (Å²) in [6.45, 7) is 3.28. The Hall–Kier alpha value is -4.17. The fourth-order valence-electron chi connectivity index (χ4n) is 4.74. The number of rotatable bonds is 19. The number of aliphatic hydroxyl groups is 5. The van der Waals surface area contributed by atoms with Crippen LogP contribution in [0.5, 0.6) is 0 Å². The van der Waals surface area contributed by atoms with E-state index in [0.717, 1.165) is 0 Å². The van der Waals surface area contributed by atoms with E-state index in [0.29, 0.717) is 31.3 Å². The predicted molar refractivity (Wildman–Crippen MR) is 163 cm³/mol. The Morgan fingerprint density at radius 3 is 2.32 bits per heavy atom. The topological polar surface area (TPSA) is 288 Å². The zero-order valence-electron chi connectivity index (χ0n) is 26.5. The highest BCUT2D eigenvalue weighted by molar-refractivity contribution is 5.95. The highest BCUT2D eigenvalue weighted by Crippen LogP contribution is 2.18. The normalized spacial score (nSPS) is 18.6. The minimum atomic E-state index is -1.74. The molecule has 10 N–H and O–H groups in total. The van der Waals surface area contributed by atoms with Gasteiger partial charge in [0.2, 0.25) is 29.5 Å². The van der Waals surface area contributed by atoms with E-state index in [-0.39, 0.29) is 24.7 Å². The molecular formula is C28H46N8O11. The largest absolute Gasteiger partial charge is 0.394 e. The highest BCUT2D eigenvalue weighted by Gasteiger charge is 2.36. The van der Waals surface area contributed by atoms with Gasteiger partial charge in [0, 0.05) is 31.8 Å². The third-order valence-corrected chi connectivity index (χ3v) is 7.26. The van der Waals surface area contributed by atoms with Crippen LogP contribution >= 0.6 is 0 Å². The van der Waals surface area contributed by atoms with Gasteiger partial charge < -0.3 is 61.5 Å². The summed E-state index contributed by atoms with van der Waals surface area (Å²) in [4.78, 5) is 77.5. The van der Waals surface area contributed by atoms with E-state index in [2.05, 4.69) is 36.4 Å². The SMILES string of the molecule is CC(=O)N1CCCC1C(=O)NC(CC(C)C)C(=O)NC(Cc1cnc[nH]1)C(=O)NC(CO)C(=O)NCON=CC(O)C(O)C(O)CO. The first-order valence-electron chi connectivity index (χ1n) is 15.1. The molecule has 19 nitrogen and oxygen atoms in total. The number of imidazole rings is 1. The van der Waals surface area contributed by atoms with Gasteiger partial charge in [-0.05, 0) is 25.2 Å². The van der Waals surface area contributed by atoms with E-state index in [4.69, 9.17) is 9.94 Å². The smallest absolute Gasteiger partial charge is 0.247 e. The number of nitrogens with zero attached hydrogens (tertiary/aromatic N) is 3. The first-order chi connectivity index (χ1) is 22.3. The summed E-state index contributed by atoms with van der Waals surface area (Å²) >= 11 is 0. The number of likely N-dealkylation sites (tertiary alicyclic amines) is 1. The molecule has 0 radical (unpaired) electrons. The summed E-state index contributed by atoms with van der Waals surface area (Å²) < 4.78 is 0. The van der Waals surface area contributed by atoms with Crippen LogP contribution in [0.4, 0.5) is 0 Å². The Morgan fingerprint density at radius 2 is 1.72 bits per heavy atom. The molecule has 7 atom stereocenters. The van der Waals surface area contributed by atoms with Crippen molar-refractivity contribution in [2.75, 3.05) is 26.5 Å². The molecule has 0 spiro atoms. The van der Waals surface area contributed by atoms with Crippen molar-refractivity contribution in [2.45, 2.75) is 88.9 Å². The Bertz CT molecular complexity index is 1200. The Labute approximate surface area is 271 Å². The van der Waals surface area contributed by atoms with E-state index in [1.54, 1.807) is 0 Å². The lowest BCUT2D eigenvalue weighted by Gasteiger charge is -2.28. The lowest BCUT2D eigenvalue weighted by Crippen LogP contribution is -2.59. The summed E-state index contributed by atoms with van der Waals surface area (Å²) in [5.41, 5.74) is 0.466. The van der Waals surface area contributed by atoms with Gasteiger partial charge in [-0.1, -0.05) is 19.0 Å². The molecule has 1 aromatic heterocycles. The van der Waals surface area contributed by atoms with Gasteiger partial charge in [-0.25, -0.2) is 4.98 Å². The van der Waals surface area contributed by atoms with Crippen LogP contribution in [0.25, 0.3) is 0 Å². The van der Waals surface area contributed by atoms with Gasteiger partial charge in [0.15, 0.2) is 6.73 Å². The third kappa shape index (κ3) is 12.5. The van der Waals surface area contributed by atoms with Crippen molar-refractivity contribution in [3.63, 3.8) is 0 Å². The lowest BCUT2D eigenvalue weighted by atomic mass is 10.0. The van der Waals surface area contributed by atoms with E-state index >= 15 is 0 Å². The van der Waals surface area contributed by atoms with Crippen LogP contribution < -0.4 is 21.3 Å². The molecular weight excluding hydrogens is 624 g/mol. The molecule has 2 rings (SSSR count). The number of hydrogen-bond donors (Lipinski definition) is 10. The van der Waals surface area contributed by atoms with Crippen LogP contribution in [0.2, 0.25) is 0 Å². The number of nitrogens with one attached hydrogen (secondary N) is 5. The van der Waals surface area contributed by atoms with Gasteiger partial charge >= 0.3 is 0 Å². The number of amides is 5. The van der Waals surface area contributed by atoms with Gasteiger partial charge in [0.05, 0.1) is 25.8 Å². The van der Waals surface area contributed by atoms with Crippen LogP contribution in [0.3, 0.4) is 0 Å². The Morgan fingerprint density at radius 1 is 1.04 bits per heavy atom. The molecule has 5 amide bonds. The minimum Gasteiger partial charge on any atom is -0.394 e. The van der Waals surface area contributed by atoms with Crippen LogP contribution in [0, 0.1) is 5.92 Å². The van der Waals surface area contributed by atoms with E-state index in [9.17, 15) is 44.4 Å². The number of aromatic amines is 1. The summed E-state index contributed by atoms with van der Waals surface area (Å²) in [7, 11) is 0. The summed E-state index contributed by atoms with van der Waals surface area (Å²) in [5, 5.41) is 60.4. The van der Waals surface area contributed by atoms with E-state index in [1.165, 1.54) is 24.3 Å². The second kappa shape index (κ2) is 19.5. The molecule has 47 heavy (non-hydrogen) atoms. The van der Waals surface area contributed by atoms with E-state index in [1.807, 2.05) is 13.8 Å². The van der Waals surface area contributed by atoms with Crippen LogP contribution in [-0.4, -0.2) is 145 Å². The van der Waals surface area contributed by atoms with Gasteiger partial charge in [-0.15, -0.1) is 0 Å². The number of oxime groups is 1. The van der Waals surface area contributed by atoms with Crippen molar-refractivity contribution < 1.29 is 54.3 Å². The maximum absolute atomic E-state index is 13.5. The van der Waals surface area contributed by atoms with Crippen molar-refractivity contribution in [1.29, 1.82) is 0 Å². The molecule has 0 bridgehead atoms. The van der Waals surface area contributed by atoms with Gasteiger partial charge in [-0.2, -0.15) is 0 Å². The molecule has 2 heterocycles. The van der Waals surface area contributed by atoms with Gasteiger partial charge in [0.1, 0.15) is 42.5 Å². The Kier molecular flexibility index (Phi) is 16.2. The molecule has 19 heteroatoms. The van der Waals surface area contributed by atoms with Crippen molar-refractivity contribution in [2.24, 2.45) is 11.1 Å². The van der Waals surface area contributed by atoms with Crippen LogP contribution in [-0.2, 0) is 35.2 Å². The molecule has 0 aromatic carbocycles. The zero-order valence-corrected chi connectivity index (χ0v) is 26.5. The predicted octanol–water partition coefficient (Wildman–Crippen LogP) is -4.39. The van der Waals surface area contributed by atoms with Gasteiger partial charge in [0.25, 0.3) is 0 Å². The van der Waals surface area contributed by atoms with E-state index < -0.39 is 86.1 Å². The molecule has 7 unspecified atom stereocenters. The molecule has 0 saturated carbocycles. The minimum absolute atomic E-state index is 0.0343. The number of aromatic nitrogens is 2. The maximum Gasteiger partial charge on any atom is 0.247 e. The molecule has 1 aromatic rings. The first-order valence-corrected chi connectivity index (χ1v) is 15.1. The molecule has 1 saturated heterocycles. The number of hydrogen-bond acceptors (Lipinski definition) is 13.